The fourth-order valence-electron chi connectivity index (χ4n) is 1.56. The van der Waals surface area contributed by atoms with Gasteiger partial charge in [-0.25, -0.2) is 13.4 Å². The molecule has 0 unspecified atom stereocenters. The predicted octanol–water partition coefficient (Wildman–Crippen LogP) is 2.04. The van der Waals surface area contributed by atoms with E-state index in [1.165, 1.54) is 15.6 Å². The molecule has 0 saturated heterocycles. The summed E-state index contributed by atoms with van der Waals surface area (Å²) in [4.78, 5) is 4.96. The van der Waals surface area contributed by atoms with Gasteiger partial charge in [0, 0.05) is 31.4 Å². The molecule has 2 aromatic heterocycles. The van der Waals surface area contributed by atoms with E-state index < -0.39 is 10.0 Å². The summed E-state index contributed by atoms with van der Waals surface area (Å²) >= 11 is 6.89. The fourth-order valence-corrected chi connectivity index (χ4v) is 4.35. The Bertz CT molecular complexity index is 663. The normalized spacial score (nSPS) is 12.2. The largest absolute Gasteiger partial charge is 0.337 e. The summed E-state index contributed by atoms with van der Waals surface area (Å²) in [7, 11) is -0.103. The third kappa shape index (κ3) is 3.00. The van der Waals surface area contributed by atoms with Crippen molar-refractivity contribution in [2.75, 3.05) is 7.05 Å². The Labute approximate surface area is 121 Å². The molecule has 19 heavy (non-hydrogen) atoms. The molecule has 0 radical (unpaired) electrons. The van der Waals surface area contributed by atoms with Gasteiger partial charge in [0.1, 0.15) is 10.0 Å². The summed E-state index contributed by atoms with van der Waals surface area (Å²) in [6, 6.07) is 3.33. The number of rotatable bonds is 5. The number of imidazole rings is 1. The molecule has 5 nitrogen and oxygen atoms in total. The van der Waals surface area contributed by atoms with Gasteiger partial charge in [0.2, 0.25) is 0 Å². The predicted molar refractivity (Wildman–Crippen MR) is 75.7 cm³/mol. The highest BCUT2D eigenvalue weighted by molar-refractivity contribution is 7.91. The SMILES string of the molecule is CN(Cc1nccn1C)S(=O)(=O)c1ccc(CCl)s1. The lowest BCUT2D eigenvalue weighted by molar-refractivity contribution is 0.453. The molecular weight excluding hydrogens is 306 g/mol. The van der Waals surface area contributed by atoms with Crippen LogP contribution in [0.4, 0.5) is 0 Å². The minimum Gasteiger partial charge on any atom is -0.337 e. The molecule has 104 valence electrons. The standard InChI is InChI=1S/C11H14ClN3O2S2/c1-14-6-5-13-10(14)8-15(2)19(16,17)11-4-3-9(7-12)18-11/h3-6H,7-8H2,1-2H3. The van der Waals surface area contributed by atoms with Crippen LogP contribution in [0.15, 0.2) is 28.7 Å². The highest BCUT2D eigenvalue weighted by Gasteiger charge is 2.23. The number of sulfonamides is 1. The zero-order valence-corrected chi connectivity index (χ0v) is 13.0. The molecule has 0 N–H and O–H groups in total. The van der Waals surface area contributed by atoms with E-state index in [1.807, 2.05) is 7.05 Å². The van der Waals surface area contributed by atoms with Crippen molar-refractivity contribution in [2.24, 2.45) is 7.05 Å². The second kappa shape index (κ2) is 5.62. The zero-order valence-electron chi connectivity index (χ0n) is 10.6. The van der Waals surface area contributed by atoms with Crippen LogP contribution in [0.2, 0.25) is 0 Å². The molecule has 2 heterocycles. The molecule has 0 fully saturated rings. The van der Waals surface area contributed by atoms with Gasteiger partial charge in [-0.15, -0.1) is 22.9 Å². The van der Waals surface area contributed by atoms with Crippen molar-refractivity contribution < 1.29 is 8.42 Å². The van der Waals surface area contributed by atoms with Crippen LogP contribution in [0.1, 0.15) is 10.7 Å². The molecule has 0 bridgehead atoms. The highest BCUT2D eigenvalue weighted by atomic mass is 35.5. The maximum Gasteiger partial charge on any atom is 0.252 e. The maximum atomic E-state index is 12.4. The second-order valence-corrected chi connectivity index (χ2v) is 7.78. The number of nitrogens with zero attached hydrogens (tertiary/aromatic N) is 3. The van der Waals surface area contributed by atoms with E-state index in [0.29, 0.717) is 15.9 Å². The van der Waals surface area contributed by atoms with Crippen LogP contribution in [0.5, 0.6) is 0 Å². The minimum absolute atomic E-state index is 0.236. The van der Waals surface area contributed by atoms with Crippen LogP contribution in [0.3, 0.4) is 0 Å². The Hall–Kier alpha value is -0.890. The van der Waals surface area contributed by atoms with Crippen LogP contribution < -0.4 is 0 Å². The summed E-state index contributed by atoms with van der Waals surface area (Å²) in [6.45, 7) is 0.236. The van der Waals surface area contributed by atoms with E-state index >= 15 is 0 Å². The van der Waals surface area contributed by atoms with Gasteiger partial charge in [0.15, 0.2) is 0 Å². The molecule has 0 aromatic carbocycles. The second-order valence-electron chi connectivity index (χ2n) is 4.07. The number of thiophene rings is 1. The van der Waals surface area contributed by atoms with Gasteiger partial charge in [0.05, 0.1) is 12.4 Å². The Morgan fingerprint density at radius 1 is 1.47 bits per heavy atom. The molecule has 2 rings (SSSR count). The molecule has 0 saturated carbocycles. The molecule has 8 heteroatoms. The summed E-state index contributed by atoms with van der Waals surface area (Å²) in [5.41, 5.74) is 0. The minimum atomic E-state index is -3.48. The van der Waals surface area contributed by atoms with Crippen molar-refractivity contribution in [3.05, 3.63) is 35.2 Å². The number of hydrogen-bond donors (Lipinski definition) is 0. The van der Waals surface area contributed by atoms with Crippen molar-refractivity contribution in [3.8, 4) is 0 Å². The lowest BCUT2D eigenvalue weighted by Crippen LogP contribution is -2.27. The Morgan fingerprint density at radius 3 is 2.74 bits per heavy atom. The van der Waals surface area contributed by atoms with E-state index in [4.69, 9.17) is 11.6 Å². The molecule has 0 amide bonds. The Morgan fingerprint density at radius 2 is 2.21 bits per heavy atom. The number of aromatic nitrogens is 2. The first kappa shape index (κ1) is 14.5. The summed E-state index contributed by atoms with van der Waals surface area (Å²) in [5.74, 6) is 1.02. The van der Waals surface area contributed by atoms with Gasteiger partial charge in [-0.05, 0) is 12.1 Å². The van der Waals surface area contributed by atoms with Gasteiger partial charge < -0.3 is 4.57 Å². The Kier molecular flexibility index (Phi) is 4.29. The zero-order chi connectivity index (χ0) is 14.0. The van der Waals surface area contributed by atoms with Crippen molar-refractivity contribution in [2.45, 2.75) is 16.6 Å². The molecule has 0 atom stereocenters. The van der Waals surface area contributed by atoms with Crippen LogP contribution in [0, 0.1) is 0 Å². The van der Waals surface area contributed by atoms with Crippen molar-refractivity contribution in [3.63, 3.8) is 0 Å². The lowest BCUT2D eigenvalue weighted by atomic mass is 10.5. The molecule has 0 aliphatic rings. The third-order valence-electron chi connectivity index (χ3n) is 2.72. The third-order valence-corrected chi connectivity index (χ3v) is 6.52. The average molecular weight is 320 g/mol. The monoisotopic (exact) mass is 319 g/mol. The summed E-state index contributed by atoms with van der Waals surface area (Å²) in [5, 5.41) is 0. The Balaban J connectivity index is 2.22. The van der Waals surface area contributed by atoms with Crippen LogP contribution >= 0.6 is 22.9 Å². The number of hydrogen-bond acceptors (Lipinski definition) is 4. The van der Waals surface area contributed by atoms with E-state index in [1.54, 1.807) is 36.1 Å². The average Bonchev–Trinajstić information content (AvgIpc) is 2.99. The van der Waals surface area contributed by atoms with Crippen molar-refractivity contribution in [1.82, 2.24) is 13.9 Å². The van der Waals surface area contributed by atoms with E-state index in [2.05, 4.69) is 4.98 Å². The summed E-state index contributed by atoms with van der Waals surface area (Å²) < 4.78 is 28.1. The quantitative estimate of drug-likeness (QED) is 0.792. The maximum absolute atomic E-state index is 12.4. The first-order chi connectivity index (χ1) is 8.95. The molecular formula is C11H14ClN3O2S2. The van der Waals surface area contributed by atoms with E-state index in [0.717, 1.165) is 4.88 Å². The highest BCUT2D eigenvalue weighted by Crippen LogP contribution is 2.25. The topological polar surface area (TPSA) is 55.2 Å². The first-order valence-electron chi connectivity index (χ1n) is 5.52. The number of halogens is 1. The lowest BCUT2D eigenvalue weighted by Gasteiger charge is -2.15. The van der Waals surface area contributed by atoms with Gasteiger partial charge >= 0.3 is 0 Å². The van der Waals surface area contributed by atoms with Crippen LogP contribution in [-0.2, 0) is 29.5 Å². The summed E-state index contributed by atoms with van der Waals surface area (Å²) in [6.07, 6.45) is 3.43. The molecule has 0 aliphatic heterocycles. The molecule has 0 aliphatic carbocycles. The van der Waals surface area contributed by atoms with Gasteiger partial charge in [-0.1, -0.05) is 0 Å². The van der Waals surface area contributed by atoms with E-state index in [-0.39, 0.29) is 6.54 Å². The van der Waals surface area contributed by atoms with Crippen molar-refractivity contribution in [1.29, 1.82) is 0 Å². The fraction of sp³-hybridized carbons (Fsp3) is 0.364. The van der Waals surface area contributed by atoms with Crippen LogP contribution in [0.25, 0.3) is 0 Å². The first-order valence-corrected chi connectivity index (χ1v) is 8.31. The van der Waals surface area contributed by atoms with Crippen molar-refractivity contribution >= 4 is 33.0 Å². The van der Waals surface area contributed by atoms with Gasteiger partial charge in [-0.3, -0.25) is 0 Å². The molecule has 0 spiro atoms. The van der Waals surface area contributed by atoms with Gasteiger partial charge in [0.25, 0.3) is 10.0 Å². The van der Waals surface area contributed by atoms with Gasteiger partial charge in [-0.2, -0.15) is 4.31 Å². The smallest absolute Gasteiger partial charge is 0.252 e. The number of alkyl halides is 1. The van der Waals surface area contributed by atoms with Crippen LogP contribution in [-0.4, -0.2) is 29.3 Å². The number of aryl methyl sites for hydroxylation is 1. The van der Waals surface area contributed by atoms with E-state index in [9.17, 15) is 8.42 Å². The molecule has 2 aromatic rings.